The third-order valence-corrected chi connectivity index (χ3v) is 2.50. The summed E-state index contributed by atoms with van der Waals surface area (Å²) < 4.78 is 14.8. The molecule has 0 aromatic heterocycles. The largest absolute Gasteiger partial charge is 0.463 e. The summed E-state index contributed by atoms with van der Waals surface area (Å²) in [7, 11) is 0. The first-order valence-electron chi connectivity index (χ1n) is 5.91. The van der Waals surface area contributed by atoms with Crippen molar-refractivity contribution in [2.45, 2.75) is 32.7 Å². The van der Waals surface area contributed by atoms with E-state index in [9.17, 15) is 14.4 Å². The first-order valence-corrected chi connectivity index (χ1v) is 5.91. The van der Waals surface area contributed by atoms with E-state index >= 15 is 0 Å². The van der Waals surface area contributed by atoms with Gasteiger partial charge in [0.05, 0.1) is 0 Å². The molecule has 0 saturated heterocycles. The van der Waals surface area contributed by atoms with E-state index in [1.165, 1.54) is 13.8 Å². The standard InChI is InChI=1S/C12H17NO6/c1-4-10-11(16)19-7-12(13-10,5-17-8(2)14)6-18-9(3)15/h4-7H2,1-3H3. The Labute approximate surface area is 110 Å². The number of carbonyl (C=O) groups excluding carboxylic acids is 3. The fraction of sp³-hybridized carbons (Fsp3) is 0.667. The Balaban J connectivity index is 2.90. The summed E-state index contributed by atoms with van der Waals surface area (Å²) in [4.78, 5) is 37.5. The van der Waals surface area contributed by atoms with E-state index in [-0.39, 0.29) is 25.5 Å². The summed E-state index contributed by atoms with van der Waals surface area (Å²) in [5.74, 6) is -1.46. The van der Waals surface area contributed by atoms with Crippen LogP contribution in [0.3, 0.4) is 0 Å². The van der Waals surface area contributed by atoms with Crippen LogP contribution in [0.2, 0.25) is 0 Å². The number of ether oxygens (including phenoxy) is 3. The van der Waals surface area contributed by atoms with Gasteiger partial charge in [0.1, 0.15) is 25.5 Å². The minimum absolute atomic E-state index is 0.0874. The number of aliphatic imine (C=N–C) groups is 1. The van der Waals surface area contributed by atoms with Gasteiger partial charge < -0.3 is 14.2 Å². The van der Waals surface area contributed by atoms with Crippen LogP contribution in [0, 0.1) is 0 Å². The van der Waals surface area contributed by atoms with Crippen molar-refractivity contribution in [3.63, 3.8) is 0 Å². The Morgan fingerprint density at radius 2 is 1.79 bits per heavy atom. The zero-order chi connectivity index (χ0) is 14.5. The normalized spacial score (nSPS) is 17.2. The summed E-state index contributed by atoms with van der Waals surface area (Å²) in [5, 5.41) is 0. The van der Waals surface area contributed by atoms with Crippen molar-refractivity contribution in [2.75, 3.05) is 19.8 Å². The van der Waals surface area contributed by atoms with Gasteiger partial charge in [0.2, 0.25) is 0 Å². The molecule has 106 valence electrons. The molecule has 1 aliphatic rings. The Hall–Kier alpha value is -1.92. The predicted octanol–water partition coefficient (Wildman–Crippen LogP) is 0.259. The molecule has 0 N–H and O–H groups in total. The first-order chi connectivity index (χ1) is 8.88. The second-order valence-electron chi connectivity index (χ2n) is 4.27. The number of hydrogen-bond acceptors (Lipinski definition) is 7. The molecule has 7 nitrogen and oxygen atoms in total. The van der Waals surface area contributed by atoms with Gasteiger partial charge in [-0.25, -0.2) is 4.79 Å². The van der Waals surface area contributed by atoms with Gasteiger partial charge in [-0.2, -0.15) is 0 Å². The minimum Gasteiger partial charge on any atom is -0.463 e. The van der Waals surface area contributed by atoms with Gasteiger partial charge in [-0.05, 0) is 6.42 Å². The lowest BCUT2D eigenvalue weighted by atomic mass is 10.0. The predicted molar refractivity (Wildman–Crippen MR) is 64.7 cm³/mol. The van der Waals surface area contributed by atoms with Gasteiger partial charge in [-0.15, -0.1) is 0 Å². The highest BCUT2D eigenvalue weighted by molar-refractivity contribution is 6.36. The van der Waals surface area contributed by atoms with Crippen molar-refractivity contribution in [3.05, 3.63) is 0 Å². The third-order valence-electron chi connectivity index (χ3n) is 2.50. The molecule has 19 heavy (non-hydrogen) atoms. The molecule has 0 spiro atoms. The van der Waals surface area contributed by atoms with Gasteiger partial charge in [-0.1, -0.05) is 6.92 Å². The van der Waals surface area contributed by atoms with Crippen molar-refractivity contribution < 1.29 is 28.6 Å². The molecule has 0 fully saturated rings. The van der Waals surface area contributed by atoms with Crippen LogP contribution in [0.4, 0.5) is 0 Å². The van der Waals surface area contributed by atoms with Crippen LogP contribution in [0.1, 0.15) is 27.2 Å². The van der Waals surface area contributed by atoms with E-state index in [1.807, 2.05) is 0 Å². The highest BCUT2D eigenvalue weighted by Gasteiger charge is 2.39. The first kappa shape index (κ1) is 15.1. The van der Waals surface area contributed by atoms with Crippen LogP contribution in [0.25, 0.3) is 0 Å². The van der Waals surface area contributed by atoms with Crippen molar-refractivity contribution in [3.8, 4) is 0 Å². The van der Waals surface area contributed by atoms with E-state index in [0.29, 0.717) is 6.42 Å². The second-order valence-corrected chi connectivity index (χ2v) is 4.27. The monoisotopic (exact) mass is 271 g/mol. The maximum Gasteiger partial charge on any atom is 0.352 e. The lowest BCUT2D eigenvalue weighted by Crippen LogP contribution is -2.49. The highest BCUT2D eigenvalue weighted by atomic mass is 16.6. The molecule has 1 aliphatic heterocycles. The lowest BCUT2D eigenvalue weighted by Gasteiger charge is -2.31. The number of hydrogen-bond donors (Lipinski definition) is 0. The van der Waals surface area contributed by atoms with Crippen molar-refractivity contribution >= 4 is 23.6 Å². The highest BCUT2D eigenvalue weighted by Crippen LogP contribution is 2.20. The van der Waals surface area contributed by atoms with E-state index in [2.05, 4.69) is 4.99 Å². The zero-order valence-corrected chi connectivity index (χ0v) is 11.2. The Bertz CT molecular complexity index is 396. The summed E-state index contributed by atoms with van der Waals surface area (Å²) in [6, 6.07) is 0. The van der Waals surface area contributed by atoms with Crippen molar-refractivity contribution in [1.29, 1.82) is 0 Å². The quantitative estimate of drug-likeness (QED) is 0.526. The second kappa shape index (κ2) is 6.31. The third kappa shape index (κ3) is 4.35. The summed E-state index contributed by atoms with van der Waals surface area (Å²) in [6.45, 7) is 3.99. The van der Waals surface area contributed by atoms with Gasteiger partial charge in [-0.3, -0.25) is 14.6 Å². The molecule has 0 aliphatic carbocycles. The smallest absolute Gasteiger partial charge is 0.352 e. The topological polar surface area (TPSA) is 91.3 Å². The maximum absolute atomic E-state index is 11.4. The molecule has 0 bridgehead atoms. The maximum atomic E-state index is 11.4. The van der Waals surface area contributed by atoms with Crippen LogP contribution in [0.5, 0.6) is 0 Å². The van der Waals surface area contributed by atoms with E-state index in [0.717, 1.165) is 0 Å². The van der Waals surface area contributed by atoms with Crippen LogP contribution >= 0.6 is 0 Å². The van der Waals surface area contributed by atoms with E-state index in [4.69, 9.17) is 14.2 Å². The summed E-state index contributed by atoms with van der Waals surface area (Å²) in [5.41, 5.74) is -0.804. The fourth-order valence-corrected chi connectivity index (χ4v) is 1.53. The van der Waals surface area contributed by atoms with Crippen LogP contribution in [-0.2, 0) is 28.6 Å². The van der Waals surface area contributed by atoms with Crippen LogP contribution < -0.4 is 0 Å². The zero-order valence-electron chi connectivity index (χ0n) is 11.2. The average molecular weight is 271 g/mol. The molecule has 0 atom stereocenters. The lowest BCUT2D eigenvalue weighted by molar-refractivity contribution is -0.152. The molecular formula is C12H17NO6. The Kier molecular flexibility index (Phi) is 5.02. The van der Waals surface area contributed by atoms with Crippen LogP contribution in [-0.4, -0.2) is 49.0 Å². The van der Waals surface area contributed by atoms with E-state index < -0.39 is 23.4 Å². The number of nitrogens with zero attached hydrogens (tertiary/aromatic N) is 1. The van der Waals surface area contributed by atoms with Crippen LogP contribution in [0.15, 0.2) is 4.99 Å². The molecule has 1 heterocycles. The molecule has 0 radical (unpaired) electrons. The van der Waals surface area contributed by atoms with Gasteiger partial charge in [0, 0.05) is 13.8 Å². The SMILES string of the molecule is CCC1=NC(COC(C)=O)(COC(C)=O)COC1=O. The van der Waals surface area contributed by atoms with Crippen molar-refractivity contribution in [2.24, 2.45) is 4.99 Å². The molecule has 1 rings (SSSR count). The van der Waals surface area contributed by atoms with Gasteiger partial charge in [0.15, 0.2) is 5.54 Å². The number of rotatable bonds is 5. The summed E-state index contributed by atoms with van der Waals surface area (Å²) >= 11 is 0. The molecule has 0 amide bonds. The molecule has 7 heteroatoms. The molecule has 0 saturated carbocycles. The Morgan fingerprint density at radius 3 is 2.21 bits per heavy atom. The van der Waals surface area contributed by atoms with Gasteiger partial charge >= 0.3 is 17.9 Å². The fourth-order valence-electron chi connectivity index (χ4n) is 1.53. The molecule has 0 aromatic rings. The molecule has 0 aromatic carbocycles. The number of carbonyl (C=O) groups is 3. The van der Waals surface area contributed by atoms with E-state index in [1.54, 1.807) is 6.92 Å². The molecular weight excluding hydrogens is 254 g/mol. The van der Waals surface area contributed by atoms with Crippen molar-refractivity contribution in [1.82, 2.24) is 0 Å². The number of esters is 3. The average Bonchev–Trinajstić information content (AvgIpc) is 2.36. The Morgan fingerprint density at radius 1 is 1.26 bits per heavy atom. The minimum atomic E-state index is -1.05. The molecule has 0 unspecified atom stereocenters. The number of cyclic esters (lactones) is 1. The summed E-state index contributed by atoms with van der Waals surface area (Å²) in [6.07, 6.45) is 0.390. The van der Waals surface area contributed by atoms with Gasteiger partial charge in [0.25, 0.3) is 0 Å².